The van der Waals surface area contributed by atoms with E-state index in [1.165, 1.54) is 11.1 Å². The number of nitrogens with one attached hydrogen (secondary N) is 1. The minimum Gasteiger partial charge on any atom is -0.343 e. The zero-order valence-electron chi connectivity index (χ0n) is 10.2. The maximum atomic E-state index is 11.3. The van der Waals surface area contributed by atoms with E-state index in [-0.39, 0.29) is 5.91 Å². The number of benzene rings is 1. The summed E-state index contributed by atoms with van der Waals surface area (Å²) in [6.45, 7) is 3.32. The van der Waals surface area contributed by atoms with Crippen LogP contribution >= 0.6 is 15.9 Å². The van der Waals surface area contributed by atoms with Gasteiger partial charge in [-0.05, 0) is 30.5 Å². The molecule has 0 bridgehead atoms. The van der Waals surface area contributed by atoms with Gasteiger partial charge in [-0.3, -0.25) is 4.79 Å². The van der Waals surface area contributed by atoms with Gasteiger partial charge in [0, 0.05) is 24.1 Å². The Hall–Kier alpha value is -0.870. The first kappa shape index (κ1) is 12.6. The van der Waals surface area contributed by atoms with Crippen LogP contribution in [0.5, 0.6) is 0 Å². The number of halogens is 1. The molecule has 1 atom stereocenters. The highest BCUT2D eigenvalue weighted by molar-refractivity contribution is 9.10. The van der Waals surface area contributed by atoms with Crippen LogP contribution in [0.15, 0.2) is 22.7 Å². The molecule has 1 fully saturated rings. The van der Waals surface area contributed by atoms with Gasteiger partial charge in [-0.25, -0.2) is 0 Å². The quantitative estimate of drug-likeness (QED) is 0.901. The van der Waals surface area contributed by atoms with Gasteiger partial charge in [0.25, 0.3) is 0 Å². The molecular formula is C13H17BrN2O. The summed E-state index contributed by atoms with van der Waals surface area (Å²) < 4.78 is 1.15. The van der Waals surface area contributed by atoms with Crippen molar-refractivity contribution >= 4 is 21.8 Å². The lowest BCUT2D eigenvalue weighted by atomic mass is 10.0. The number of carbonyl (C=O) groups is 1. The molecule has 92 valence electrons. The molecule has 0 saturated carbocycles. The van der Waals surface area contributed by atoms with Crippen molar-refractivity contribution in [2.45, 2.75) is 19.4 Å². The fourth-order valence-corrected chi connectivity index (χ4v) is 2.47. The van der Waals surface area contributed by atoms with Gasteiger partial charge in [0.15, 0.2) is 0 Å². The second kappa shape index (κ2) is 5.19. The molecule has 1 aliphatic heterocycles. The van der Waals surface area contributed by atoms with E-state index in [1.807, 2.05) is 7.05 Å². The summed E-state index contributed by atoms with van der Waals surface area (Å²) in [5, 5.41) is 3.28. The van der Waals surface area contributed by atoms with Gasteiger partial charge in [0.1, 0.15) is 0 Å². The van der Waals surface area contributed by atoms with Gasteiger partial charge in [-0.1, -0.05) is 28.1 Å². The third-order valence-electron chi connectivity index (χ3n) is 3.18. The molecule has 1 saturated heterocycles. The van der Waals surface area contributed by atoms with E-state index >= 15 is 0 Å². The first-order chi connectivity index (χ1) is 8.06. The summed E-state index contributed by atoms with van der Waals surface area (Å²) in [7, 11) is 1.86. The van der Waals surface area contributed by atoms with E-state index in [4.69, 9.17) is 0 Å². The lowest BCUT2D eigenvalue weighted by Crippen LogP contribution is -2.53. The molecule has 3 nitrogen and oxygen atoms in total. The number of carbonyl (C=O) groups excluding carboxylic acids is 1. The molecule has 0 aliphatic carbocycles. The van der Waals surface area contributed by atoms with E-state index < -0.39 is 0 Å². The normalized spacial score (nSPS) is 20.8. The van der Waals surface area contributed by atoms with Gasteiger partial charge in [0.05, 0.1) is 6.54 Å². The second-order valence-electron chi connectivity index (χ2n) is 4.64. The number of piperazine rings is 1. The Morgan fingerprint density at radius 2 is 2.29 bits per heavy atom. The lowest BCUT2D eigenvalue weighted by Gasteiger charge is -2.30. The molecule has 0 aromatic heterocycles. The van der Waals surface area contributed by atoms with Crippen molar-refractivity contribution in [2.24, 2.45) is 0 Å². The van der Waals surface area contributed by atoms with Crippen LogP contribution in [0.2, 0.25) is 0 Å². The van der Waals surface area contributed by atoms with E-state index in [2.05, 4.69) is 46.4 Å². The van der Waals surface area contributed by atoms with Crippen LogP contribution in [0, 0.1) is 6.92 Å². The molecule has 1 amide bonds. The number of rotatable bonds is 2. The second-order valence-corrected chi connectivity index (χ2v) is 5.49. The number of amides is 1. The molecule has 2 rings (SSSR count). The number of aryl methyl sites for hydroxylation is 1. The van der Waals surface area contributed by atoms with E-state index in [9.17, 15) is 4.79 Å². The third kappa shape index (κ3) is 3.07. The van der Waals surface area contributed by atoms with Crippen molar-refractivity contribution < 1.29 is 4.79 Å². The molecule has 1 aliphatic rings. The predicted molar refractivity (Wildman–Crippen MR) is 72.0 cm³/mol. The molecule has 1 aromatic rings. The Balaban J connectivity index is 2.01. The highest BCUT2D eigenvalue weighted by Crippen LogP contribution is 2.18. The van der Waals surface area contributed by atoms with Crippen molar-refractivity contribution in [3.05, 3.63) is 33.8 Å². The Bertz CT molecular complexity index is 433. The zero-order chi connectivity index (χ0) is 12.4. The summed E-state index contributed by atoms with van der Waals surface area (Å²) >= 11 is 3.55. The van der Waals surface area contributed by atoms with Crippen LogP contribution in [0.4, 0.5) is 0 Å². The summed E-state index contributed by atoms with van der Waals surface area (Å²) in [5.74, 6) is 0.173. The number of hydrogen-bond donors (Lipinski definition) is 1. The maximum Gasteiger partial charge on any atom is 0.236 e. The standard InChI is InChI=1S/C13H17BrN2O/c1-9-3-4-10(6-12(9)14)5-11-8-16(2)13(17)7-15-11/h3-4,6,11,15H,5,7-8H2,1-2H3. The Labute approximate surface area is 110 Å². The van der Waals surface area contributed by atoms with Crippen molar-refractivity contribution in [1.82, 2.24) is 10.2 Å². The van der Waals surface area contributed by atoms with E-state index in [0.29, 0.717) is 12.6 Å². The van der Waals surface area contributed by atoms with E-state index in [1.54, 1.807) is 4.90 Å². The van der Waals surface area contributed by atoms with Crippen molar-refractivity contribution in [3.8, 4) is 0 Å². The van der Waals surface area contributed by atoms with Gasteiger partial charge in [-0.2, -0.15) is 0 Å². The Morgan fingerprint density at radius 1 is 1.53 bits per heavy atom. The molecule has 4 heteroatoms. The molecular weight excluding hydrogens is 280 g/mol. The third-order valence-corrected chi connectivity index (χ3v) is 4.03. The first-order valence-corrected chi connectivity index (χ1v) is 6.58. The Morgan fingerprint density at radius 3 is 2.94 bits per heavy atom. The van der Waals surface area contributed by atoms with Crippen molar-refractivity contribution in [2.75, 3.05) is 20.1 Å². The van der Waals surface area contributed by atoms with Crippen LogP contribution in [0.3, 0.4) is 0 Å². The zero-order valence-corrected chi connectivity index (χ0v) is 11.8. The summed E-state index contributed by atoms with van der Waals surface area (Å²) in [6.07, 6.45) is 0.955. The van der Waals surface area contributed by atoms with Crippen LogP contribution < -0.4 is 5.32 Å². The topological polar surface area (TPSA) is 32.3 Å². The molecule has 1 aromatic carbocycles. The fourth-order valence-electron chi connectivity index (χ4n) is 2.05. The minimum atomic E-state index is 0.173. The van der Waals surface area contributed by atoms with Gasteiger partial charge >= 0.3 is 0 Å². The Kier molecular flexibility index (Phi) is 3.84. The molecule has 1 N–H and O–H groups in total. The molecule has 1 unspecified atom stereocenters. The van der Waals surface area contributed by atoms with Crippen LogP contribution in [-0.2, 0) is 11.2 Å². The molecule has 1 heterocycles. The van der Waals surface area contributed by atoms with Gasteiger partial charge in [0.2, 0.25) is 5.91 Å². The van der Waals surface area contributed by atoms with Crippen LogP contribution in [0.25, 0.3) is 0 Å². The lowest BCUT2D eigenvalue weighted by molar-refractivity contribution is -0.131. The van der Waals surface area contributed by atoms with Crippen LogP contribution in [0.1, 0.15) is 11.1 Å². The minimum absolute atomic E-state index is 0.173. The monoisotopic (exact) mass is 296 g/mol. The van der Waals surface area contributed by atoms with Crippen molar-refractivity contribution in [3.63, 3.8) is 0 Å². The number of likely N-dealkylation sites (N-methyl/N-ethyl adjacent to an activating group) is 1. The van der Waals surface area contributed by atoms with Crippen LogP contribution in [-0.4, -0.2) is 37.0 Å². The first-order valence-electron chi connectivity index (χ1n) is 5.78. The average Bonchev–Trinajstić information content (AvgIpc) is 2.29. The number of hydrogen-bond acceptors (Lipinski definition) is 2. The summed E-state index contributed by atoms with van der Waals surface area (Å²) in [5.41, 5.74) is 2.54. The fraction of sp³-hybridized carbons (Fsp3) is 0.462. The average molecular weight is 297 g/mol. The predicted octanol–water partition coefficient (Wildman–Crippen LogP) is 1.73. The maximum absolute atomic E-state index is 11.3. The molecule has 0 spiro atoms. The highest BCUT2D eigenvalue weighted by Gasteiger charge is 2.22. The van der Waals surface area contributed by atoms with Gasteiger partial charge < -0.3 is 10.2 Å². The molecule has 0 radical (unpaired) electrons. The number of nitrogens with zero attached hydrogens (tertiary/aromatic N) is 1. The molecule has 17 heavy (non-hydrogen) atoms. The largest absolute Gasteiger partial charge is 0.343 e. The van der Waals surface area contributed by atoms with Gasteiger partial charge in [-0.15, -0.1) is 0 Å². The SMILES string of the molecule is Cc1ccc(CC2CN(C)C(=O)CN2)cc1Br. The highest BCUT2D eigenvalue weighted by atomic mass is 79.9. The summed E-state index contributed by atoms with van der Waals surface area (Å²) in [4.78, 5) is 13.1. The summed E-state index contributed by atoms with van der Waals surface area (Å²) in [6, 6.07) is 6.79. The van der Waals surface area contributed by atoms with E-state index in [0.717, 1.165) is 17.4 Å². The van der Waals surface area contributed by atoms with Crippen molar-refractivity contribution in [1.29, 1.82) is 0 Å². The smallest absolute Gasteiger partial charge is 0.236 e.